The molecule has 4 saturated carbocycles. The van der Waals surface area contributed by atoms with E-state index in [1.54, 1.807) is 5.57 Å². The summed E-state index contributed by atoms with van der Waals surface area (Å²) >= 11 is 0. The minimum absolute atomic E-state index is 0.0637. The van der Waals surface area contributed by atoms with E-state index in [-0.39, 0.29) is 57.4 Å². The standard InChI is InChI=1S/C53H84N2O5/c1-37(2)14-12-15-38(3)16-13-17-39(4)24-31-54-32-34-55(35-33-54)47(59)50(8)28-27-49(7)29-30-52(10)40(41(49)36-50)18-19-43-51(9)25-23-44(60-46(58)21-20-45(56)57)48(5,6)42(51)22-26-53(43,52)11/h14,16,18,24,41-44H,12-13,15,17,19-23,25-36H2,1-11H3,(H,56,57)/b38-16+,39-24+/t41-,42-,43+,44-,49+,50-,51-,52+,53+/m0/s1. The van der Waals surface area contributed by atoms with Crippen LogP contribution < -0.4 is 0 Å². The second kappa shape index (κ2) is 17.8. The Kier molecular flexibility index (Phi) is 13.9. The number of fused-ring (bicyclic) bond motifs is 7. The summed E-state index contributed by atoms with van der Waals surface area (Å²) in [5.41, 5.74) is 6.14. The molecule has 5 fully saturated rings. The highest BCUT2D eigenvalue weighted by Crippen LogP contribution is 2.76. The van der Waals surface area contributed by atoms with Crippen LogP contribution in [0.25, 0.3) is 0 Å². The molecule has 0 bridgehead atoms. The lowest BCUT2D eigenvalue weighted by Gasteiger charge is -2.71. The largest absolute Gasteiger partial charge is 0.481 e. The number of carbonyl (C=O) groups is 3. The second-order valence-electron chi connectivity index (χ2n) is 23.1. The third-order valence-corrected chi connectivity index (χ3v) is 18.6. The zero-order valence-electron chi connectivity index (χ0n) is 39.9. The first kappa shape index (κ1) is 46.8. The molecule has 0 radical (unpaired) electrons. The summed E-state index contributed by atoms with van der Waals surface area (Å²) in [6.07, 6.45) is 24.7. The van der Waals surface area contributed by atoms with Crippen molar-refractivity contribution < 1.29 is 24.2 Å². The molecule has 7 nitrogen and oxygen atoms in total. The van der Waals surface area contributed by atoms with Gasteiger partial charge in [-0.25, -0.2) is 0 Å². The molecule has 0 aromatic rings. The number of carboxylic acid groups (broad SMARTS) is 1. The number of hydrogen-bond donors (Lipinski definition) is 1. The zero-order valence-corrected chi connectivity index (χ0v) is 39.9. The molecular formula is C53H84N2O5. The molecule has 0 aromatic heterocycles. The predicted molar refractivity (Wildman–Crippen MR) is 244 cm³/mol. The summed E-state index contributed by atoms with van der Waals surface area (Å²) in [5, 5.41) is 9.13. The highest BCUT2D eigenvalue weighted by Gasteiger charge is 2.68. The molecule has 336 valence electrons. The smallest absolute Gasteiger partial charge is 0.306 e. The molecule has 1 heterocycles. The Morgan fingerprint density at radius 3 is 2.07 bits per heavy atom. The monoisotopic (exact) mass is 829 g/mol. The van der Waals surface area contributed by atoms with E-state index in [1.165, 1.54) is 36.0 Å². The van der Waals surface area contributed by atoms with Crippen LogP contribution in [0.2, 0.25) is 0 Å². The van der Waals surface area contributed by atoms with E-state index in [0.29, 0.717) is 23.7 Å². The van der Waals surface area contributed by atoms with E-state index < -0.39 is 5.97 Å². The Morgan fingerprint density at radius 1 is 0.750 bits per heavy atom. The summed E-state index contributed by atoms with van der Waals surface area (Å²) < 4.78 is 6.07. The van der Waals surface area contributed by atoms with E-state index in [2.05, 4.69) is 110 Å². The van der Waals surface area contributed by atoms with Gasteiger partial charge in [0.05, 0.1) is 12.8 Å². The quantitative estimate of drug-likeness (QED) is 0.147. The lowest BCUT2D eigenvalue weighted by Crippen LogP contribution is -2.65. The van der Waals surface area contributed by atoms with Gasteiger partial charge in [-0.2, -0.15) is 0 Å². The summed E-state index contributed by atoms with van der Waals surface area (Å²) in [4.78, 5) is 43.3. The van der Waals surface area contributed by atoms with Gasteiger partial charge >= 0.3 is 11.9 Å². The average molecular weight is 829 g/mol. The van der Waals surface area contributed by atoms with Gasteiger partial charge in [0.15, 0.2) is 0 Å². The lowest BCUT2D eigenvalue weighted by molar-refractivity contribution is -0.213. The predicted octanol–water partition coefficient (Wildman–Crippen LogP) is 12.1. The number of carbonyl (C=O) groups excluding carboxylic acids is 2. The number of esters is 1. The summed E-state index contributed by atoms with van der Waals surface area (Å²) in [6.45, 7) is 30.7. The zero-order chi connectivity index (χ0) is 43.9. The minimum atomic E-state index is -0.960. The number of carboxylic acids is 1. The molecule has 6 rings (SSSR count). The molecule has 1 amide bonds. The highest BCUT2D eigenvalue weighted by atomic mass is 16.5. The lowest BCUT2D eigenvalue weighted by atomic mass is 9.33. The molecule has 5 aliphatic carbocycles. The van der Waals surface area contributed by atoms with E-state index in [4.69, 9.17) is 9.84 Å². The van der Waals surface area contributed by atoms with Crippen molar-refractivity contribution in [3.8, 4) is 0 Å². The molecule has 1 N–H and O–H groups in total. The Labute approximate surface area is 365 Å². The van der Waals surface area contributed by atoms with Gasteiger partial charge in [0.25, 0.3) is 0 Å². The number of nitrogens with zero attached hydrogens (tertiary/aromatic N) is 2. The van der Waals surface area contributed by atoms with E-state index in [1.807, 2.05) is 0 Å². The third kappa shape index (κ3) is 9.05. The van der Waals surface area contributed by atoms with Crippen LogP contribution in [0.3, 0.4) is 0 Å². The Balaban J connectivity index is 1.09. The number of aliphatic carboxylic acids is 1. The van der Waals surface area contributed by atoms with Crippen molar-refractivity contribution in [1.29, 1.82) is 0 Å². The normalized spacial score (nSPS) is 38.0. The molecule has 1 aliphatic heterocycles. The number of ether oxygens (including phenoxy) is 1. The van der Waals surface area contributed by atoms with E-state index in [0.717, 1.165) is 103 Å². The summed E-state index contributed by atoms with van der Waals surface area (Å²) in [6, 6.07) is 0. The summed E-state index contributed by atoms with van der Waals surface area (Å²) in [5.74, 6) is 0.462. The van der Waals surface area contributed by atoms with E-state index in [9.17, 15) is 14.4 Å². The van der Waals surface area contributed by atoms with Gasteiger partial charge < -0.3 is 14.7 Å². The maximum absolute atomic E-state index is 14.7. The molecule has 0 aromatic carbocycles. The van der Waals surface area contributed by atoms with Crippen molar-refractivity contribution in [1.82, 2.24) is 9.80 Å². The van der Waals surface area contributed by atoms with Crippen LogP contribution in [-0.4, -0.2) is 71.6 Å². The molecule has 9 atom stereocenters. The van der Waals surface area contributed by atoms with Crippen molar-refractivity contribution in [2.24, 2.45) is 50.2 Å². The fourth-order valence-corrected chi connectivity index (χ4v) is 14.3. The van der Waals surface area contributed by atoms with Crippen LogP contribution in [0.5, 0.6) is 0 Å². The van der Waals surface area contributed by atoms with Crippen molar-refractivity contribution in [2.45, 2.75) is 185 Å². The molecule has 6 aliphatic rings. The average Bonchev–Trinajstić information content (AvgIpc) is 3.18. The van der Waals surface area contributed by atoms with Crippen molar-refractivity contribution in [3.63, 3.8) is 0 Å². The number of hydrogen-bond acceptors (Lipinski definition) is 5. The van der Waals surface area contributed by atoms with Crippen LogP contribution in [0.1, 0.15) is 179 Å². The van der Waals surface area contributed by atoms with Gasteiger partial charge in [0, 0.05) is 43.6 Å². The molecule has 60 heavy (non-hydrogen) atoms. The van der Waals surface area contributed by atoms with Gasteiger partial charge in [-0.3, -0.25) is 19.3 Å². The number of piperazine rings is 1. The number of allylic oxidation sites excluding steroid dienone is 7. The van der Waals surface area contributed by atoms with Crippen LogP contribution in [-0.2, 0) is 19.1 Å². The fourth-order valence-electron chi connectivity index (χ4n) is 14.3. The van der Waals surface area contributed by atoms with Gasteiger partial charge in [-0.15, -0.1) is 0 Å². The third-order valence-electron chi connectivity index (χ3n) is 18.6. The first-order valence-electron chi connectivity index (χ1n) is 24.2. The Morgan fingerprint density at radius 2 is 1.40 bits per heavy atom. The van der Waals surface area contributed by atoms with Crippen LogP contribution >= 0.6 is 0 Å². The number of amides is 1. The molecule has 0 unspecified atom stereocenters. The molecule has 1 saturated heterocycles. The van der Waals surface area contributed by atoms with Crippen LogP contribution in [0.15, 0.2) is 46.6 Å². The fraction of sp³-hybridized carbons (Fsp3) is 0.792. The summed E-state index contributed by atoms with van der Waals surface area (Å²) in [7, 11) is 0. The van der Waals surface area contributed by atoms with Crippen LogP contribution in [0.4, 0.5) is 0 Å². The topological polar surface area (TPSA) is 87.2 Å². The SMILES string of the molecule is CC(C)=CCC/C(C)=C/CC/C(C)=C/CN1CCN(C(=O)[C@@]2(C)CC[C@]3(C)CC[C@]4(C)C(=CC[C@@H]5[C@@]6(C)CC[C@H](OC(=O)CCC(=O)O)C(C)(C)[C@@H]6CC[C@]54C)[C@@H]3C2)CC1. The first-order valence-corrected chi connectivity index (χ1v) is 24.2. The van der Waals surface area contributed by atoms with Crippen molar-refractivity contribution in [3.05, 3.63) is 46.6 Å². The van der Waals surface area contributed by atoms with Gasteiger partial charge in [-0.1, -0.05) is 95.1 Å². The van der Waals surface area contributed by atoms with Gasteiger partial charge in [0.1, 0.15) is 6.10 Å². The second-order valence-corrected chi connectivity index (χ2v) is 23.1. The van der Waals surface area contributed by atoms with Crippen molar-refractivity contribution in [2.75, 3.05) is 32.7 Å². The Bertz CT molecular complexity index is 1740. The highest BCUT2D eigenvalue weighted by molar-refractivity contribution is 5.83. The molecule has 0 spiro atoms. The van der Waals surface area contributed by atoms with Gasteiger partial charge in [-0.05, 0) is 157 Å². The van der Waals surface area contributed by atoms with Crippen LogP contribution in [0, 0.1) is 50.2 Å². The molecular weight excluding hydrogens is 745 g/mol. The first-order chi connectivity index (χ1) is 28.1. The number of rotatable bonds is 13. The maximum atomic E-state index is 14.7. The Hall–Kier alpha value is -2.67. The minimum Gasteiger partial charge on any atom is -0.481 e. The van der Waals surface area contributed by atoms with Gasteiger partial charge in [0.2, 0.25) is 5.91 Å². The molecule has 7 heteroatoms. The van der Waals surface area contributed by atoms with E-state index >= 15 is 0 Å². The maximum Gasteiger partial charge on any atom is 0.306 e. The van der Waals surface area contributed by atoms with Crippen molar-refractivity contribution >= 4 is 17.8 Å².